The Morgan fingerprint density at radius 1 is 1.15 bits per heavy atom. The minimum atomic E-state index is -0.923. The number of amides is 2. The van der Waals surface area contributed by atoms with E-state index in [0.29, 0.717) is 11.9 Å². The smallest absolute Gasteiger partial charge is 0.277 e. The number of nitrogens with one attached hydrogen (secondary N) is 1. The van der Waals surface area contributed by atoms with Crippen LogP contribution in [0.5, 0.6) is 5.88 Å². The van der Waals surface area contributed by atoms with Gasteiger partial charge < -0.3 is 15.0 Å². The molecular weight excluding hydrogens is 344 g/mol. The maximum absolute atomic E-state index is 12.7. The topological polar surface area (TPSA) is 96.0 Å². The Hall–Kier alpha value is -3.48. The normalized spacial score (nSPS) is 19.7. The molecule has 0 saturated carbocycles. The SMILES string of the molecule is Cn1c(O)c(N=NC(=O)[C@H]2C(=O)NC[C@H]2c2ccccc2)c2ccccc21. The van der Waals surface area contributed by atoms with Crippen molar-refractivity contribution in [2.45, 2.75) is 5.92 Å². The first kappa shape index (κ1) is 17.0. The molecule has 2 atom stereocenters. The summed E-state index contributed by atoms with van der Waals surface area (Å²) in [6, 6.07) is 16.7. The maximum atomic E-state index is 12.7. The van der Waals surface area contributed by atoms with Gasteiger partial charge in [0.25, 0.3) is 5.91 Å². The average Bonchev–Trinajstić information content (AvgIpc) is 3.20. The van der Waals surface area contributed by atoms with Gasteiger partial charge in [0, 0.05) is 24.9 Å². The number of carbonyl (C=O) groups excluding carboxylic acids is 2. The molecule has 2 heterocycles. The molecule has 0 unspecified atom stereocenters. The lowest BCUT2D eigenvalue weighted by atomic mass is 9.88. The molecule has 0 bridgehead atoms. The highest BCUT2D eigenvalue weighted by molar-refractivity contribution is 6.03. The van der Waals surface area contributed by atoms with Crippen molar-refractivity contribution in [3.8, 4) is 5.88 Å². The zero-order valence-electron chi connectivity index (χ0n) is 14.7. The summed E-state index contributed by atoms with van der Waals surface area (Å²) in [4.78, 5) is 24.9. The summed E-state index contributed by atoms with van der Waals surface area (Å²) >= 11 is 0. The lowest BCUT2D eigenvalue weighted by molar-refractivity contribution is -0.131. The number of carbonyl (C=O) groups is 2. The number of aryl methyl sites for hydroxylation is 1. The summed E-state index contributed by atoms with van der Waals surface area (Å²) < 4.78 is 1.57. The number of para-hydroxylation sites is 1. The Labute approximate surface area is 155 Å². The molecule has 0 aliphatic carbocycles. The molecule has 4 rings (SSSR count). The van der Waals surface area contributed by atoms with Crippen LogP contribution in [0.25, 0.3) is 10.9 Å². The molecule has 2 aromatic carbocycles. The second-order valence-electron chi connectivity index (χ2n) is 6.53. The Kier molecular flexibility index (Phi) is 4.19. The summed E-state index contributed by atoms with van der Waals surface area (Å²) in [5.74, 6) is -2.26. The van der Waals surface area contributed by atoms with Crippen molar-refractivity contribution >= 4 is 28.4 Å². The van der Waals surface area contributed by atoms with Gasteiger partial charge in [0.15, 0.2) is 5.69 Å². The van der Waals surface area contributed by atoms with Crippen molar-refractivity contribution in [3.63, 3.8) is 0 Å². The van der Waals surface area contributed by atoms with Crippen LogP contribution in [-0.2, 0) is 16.6 Å². The molecule has 3 aromatic rings. The number of azo groups is 1. The van der Waals surface area contributed by atoms with Crippen molar-refractivity contribution in [1.29, 1.82) is 0 Å². The van der Waals surface area contributed by atoms with E-state index in [0.717, 1.165) is 11.1 Å². The van der Waals surface area contributed by atoms with E-state index < -0.39 is 11.8 Å². The molecule has 1 aliphatic rings. The molecule has 7 heteroatoms. The molecule has 2 amide bonds. The van der Waals surface area contributed by atoms with Gasteiger partial charge in [-0.2, -0.15) is 0 Å². The van der Waals surface area contributed by atoms with E-state index in [2.05, 4.69) is 15.5 Å². The first-order chi connectivity index (χ1) is 13.1. The summed E-state index contributed by atoms with van der Waals surface area (Å²) in [5, 5.41) is 21.5. The van der Waals surface area contributed by atoms with E-state index >= 15 is 0 Å². The summed E-state index contributed by atoms with van der Waals surface area (Å²) in [6.45, 7) is 0.383. The summed E-state index contributed by atoms with van der Waals surface area (Å²) in [5.41, 5.74) is 1.89. The highest BCUT2D eigenvalue weighted by atomic mass is 16.3. The van der Waals surface area contributed by atoms with Gasteiger partial charge in [-0.15, -0.1) is 10.2 Å². The fraction of sp³-hybridized carbons (Fsp3) is 0.200. The molecule has 1 saturated heterocycles. The van der Waals surface area contributed by atoms with E-state index in [-0.39, 0.29) is 23.4 Å². The molecular formula is C20H18N4O3. The first-order valence-corrected chi connectivity index (χ1v) is 8.62. The Bertz CT molecular complexity index is 1060. The zero-order valence-corrected chi connectivity index (χ0v) is 14.7. The molecule has 136 valence electrons. The fourth-order valence-electron chi connectivity index (χ4n) is 3.54. The third kappa shape index (κ3) is 2.87. The molecule has 7 nitrogen and oxygen atoms in total. The van der Waals surface area contributed by atoms with E-state index in [9.17, 15) is 14.7 Å². The van der Waals surface area contributed by atoms with E-state index in [1.807, 2.05) is 48.5 Å². The highest BCUT2D eigenvalue weighted by Crippen LogP contribution is 2.38. The van der Waals surface area contributed by atoms with Crippen LogP contribution in [0, 0.1) is 5.92 Å². The number of fused-ring (bicyclic) bond motifs is 1. The summed E-state index contributed by atoms with van der Waals surface area (Å²) in [7, 11) is 1.70. The first-order valence-electron chi connectivity index (χ1n) is 8.62. The quantitative estimate of drug-likeness (QED) is 0.554. The van der Waals surface area contributed by atoms with E-state index in [1.165, 1.54) is 0 Å². The van der Waals surface area contributed by atoms with Crippen molar-refractivity contribution in [3.05, 3.63) is 60.2 Å². The van der Waals surface area contributed by atoms with Crippen LogP contribution in [-0.4, -0.2) is 28.0 Å². The van der Waals surface area contributed by atoms with Crippen LogP contribution in [0.2, 0.25) is 0 Å². The third-order valence-electron chi connectivity index (χ3n) is 4.97. The average molecular weight is 362 g/mol. The van der Waals surface area contributed by atoms with Crippen LogP contribution in [0.1, 0.15) is 11.5 Å². The second-order valence-corrected chi connectivity index (χ2v) is 6.53. The van der Waals surface area contributed by atoms with Crippen molar-refractivity contribution in [2.75, 3.05) is 6.54 Å². The van der Waals surface area contributed by atoms with Gasteiger partial charge in [-0.25, -0.2) is 0 Å². The number of rotatable bonds is 3. The summed E-state index contributed by atoms with van der Waals surface area (Å²) in [6.07, 6.45) is 0. The van der Waals surface area contributed by atoms with Crippen molar-refractivity contribution in [1.82, 2.24) is 9.88 Å². The lowest BCUT2D eigenvalue weighted by Crippen LogP contribution is -2.25. The number of benzene rings is 2. The van der Waals surface area contributed by atoms with Crippen molar-refractivity contribution < 1.29 is 14.7 Å². The molecule has 0 radical (unpaired) electrons. The second kappa shape index (κ2) is 6.68. The Balaban J connectivity index is 1.66. The van der Waals surface area contributed by atoms with E-state index in [4.69, 9.17) is 0 Å². The van der Waals surface area contributed by atoms with Gasteiger partial charge in [-0.3, -0.25) is 9.59 Å². The monoisotopic (exact) mass is 362 g/mol. The van der Waals surface area contributed by atoms with Gasteiger partial charge in [0.1, 0.15) is 5.92 Å². The molecule has 0 spiro atoms. The van der Waals surface area contributed by atoms with Gasteiger partial charge in [-0.05, 0) is 11.6 Å². The third-order valence-corrected chi connectivity index (χ3v) is 4.97. The highest BCUT2D eigenvalue weighted by Gasteiger charge is 2.41. The van der Waals surface area contributed by atoms with Gasteiger partial charge in [0.05, 0.1) is 5.52 Å². The maximum Gasteiger partial charge on any atom is 0.277 e. The number of aromatic nitrogens is 1. The van der Waals surface area contributed by atoms with Crippen LogP contribution < -0.4 is 5.32 Å². The molecule has 27 heavy (non-hydrogen) atoms. The lowest BCUT2D eigenvalue weighted by Gasteiger charge is -2.13. The standard InChI is InChI=1S/C20H18N4O3/c1-24-15-10-6-5-9-13(15)17(20(24)27)22-23-19(26)16-14(11-21-18(16)25)12-7-3-2-4-8-12/h2-10,14,16,27H,11H2,1H3,(H,21,25)/t14-,16+/m0/s1. The van der Waals surface area contributed by atoms with Crippen LogP contribution >= 0.6 is 0 Å². The fourth-order valence-corrected chi connectivity index (χ4v) is 3.54. The van der Waals surface area contributed by atoms with Gasteiger partial charge in [0.2, 0.25) is 11.8 Å². The van der Waals surface area contributed by atoms with Gasteiger partial charge >= 0.3 is 0 Å². The number of hydrogen-bond donors (Lipinski definition) is 2. The predicted octanol–water partition coefficient (Wildman–Crippen LogP) is 3.02. The minimum absolute atomic E-state index is 0.0803. The van der Waals surface area contributed by atoms with Gasteiger partial charge in [-0.1, -0.05) is 48.5 Å². The van der Waals surface area contributed by atoms with Crippen LogP contribution in [0.15, 0.2) is 64.8 Å². The van der Waals surface area contributed by atoms with E-state index in [1.54, 1.807) is 17.7 Å². The van der Waals surface area contributed by atoms with Crippen molar-refractivity contribution in [2.24, 2.45) is 23.2 Å². The largest absolute Gasteiger partial charge is 0.493 e. The number of hydrogen-bond acceptors (Lipinski definition) is 4. The number of aromatic hydroxyl groups is 1. The Morgan fingerprint density at radius 2 is 1.85 bits per heavy atom. The molecule has 1 aliphatic heterocycles. The van der Waals surface area contributed by atoms with Crippen LogP contribution in [0.4, 0.5) is 5.69 Å². The molecule has 1 fully saturated rings. The molecule has 2 N–H and O–H groups in total. The molecule has 1 aromatic heterocycles. The Morgan fingerprint density at radius 3 is 2.63 bits per heavy atom. The number of nitrogens with zero attached hydrogens (tertiary/aromatic N) is 3. The minimum Gasteiger partial charge on any atom is -0.493 e. The zero-order chi connectivity index (χ0) is 19.0. The van der Waals surface area contributed by atoms with Crippen LogP contribution in [0.3, 0.4) is 0 Å². The predicted molar refractivity (Wildman–Crippen MR) is 99.8 cm³/mol.